The summed E-state index contributed by atoms with van der Waals surface area (Å²) in [5.41, 5.74) is 0. The molecule has 1 nitrogen and oxygen atoms in total. The van der Waals surface area contributed by atoms with Crippen LogP contribution in [0.5, 0.6) is 0 Å². The predicted molar refractivity (Wildman–Crippen MR) is 62.4 cm³/mol. The number of nitrogens with zero attached hydrogens (tertiary/aromatic N) is 1. The molecule has 1 aliphatic heterocycles. The van der Waals surface area contributed by atoms with E-state index < -0.39 is 0 Å². The third kappa shape index (κ3) is 4.19. The van der Waals surface area contributed by atoms with Gasteiger partial charge in [-0.25, -0.2) is 0 Å². The molecule has 0 bridgehead atoms. The molecule has 76 valence electrons. The molecule has 1 fully saturated rings. The van der Waals surface area contributed by atoms with Gasteiger partial charge in [-0.05, 0) is 19.4 Å². The molecule has 13 heavy (non-hydrogen) atoms. The molecule has 0 N–H and O–H groups in total. The minimum absolute atomic E-state index is 0.489. The van der Waals surface area contributed by atoms with Gasteiger partial charge in [-0.2, -0.15) is 11.8 Å². The molecular weight excluding hydrogens is 178 g/mol. The molecule has 1 rings (SSSR count). The summed E-state index contributed by atoms with van der Waals surface area (Å²) in [6.07, 6.45) is 4.46. The van der Waals surface area contributed by atoms with E-state index in [4.69, 9.17) is 0 Å². The molecule has 0 aromatic rings. The second-order valence-electron chi connectivity index (χ2n) is 4.28. The fraction of sp³-hybridized carbons (Fsp3) is 0.818. The highest BCUT2D eigenvalue weighted by molar-refractivity contribution is 8.00. The fourth-order valence-corrected chi connectivity index (χ4v) is 2.70. The maximum atomic E-state index is 3.77. The summed E-state index contributed by atoms with van der Waals surface area (Å²) in [4.78, 5) is 2.56. The van der Waals surface area contributed by atoms with E-state index in [1.807, 2.05) is 6.08 Å². The van der Waals surface area contributed by atoms with Crippen molar-refractivity contribution in [1.29, 1.82) is 0 Å². The molecule has 0 spiro atoms. The molecule has 0 aromatic heterocycles. The molecule has 0 unspecified atom stereocenters. The van der Waals surface area contributed by atoms with E-state index in [-0.39, 0.29) is 0 Å². The van der Waals surface area contributed by atoms with Crippen molar-refractivity contribution in [1.82, 2.24) is 4.90 Å². The number of rotatable bonds is 3. The van der Waals surface area contributed by atoms with Crippen LogP contribution < -0.4 is 0 Å². The van der Waals surface area contributed by atoms with Gasteiger partial charge in [0.15, 0.2) is 0 Å². The predicted octanol–water partition coefficient (Wildman–Crippen LogP) is 2.78. The zero-order valence-corrected chi connectivity index (χ0v) is 9.70. The van der Waals surface area contributed by atoms with E-state index in [0.717, 1.165) is 6.42 Å². The van der Waals surface area contributed by atoms with Crippen molar-refractivity contribution in [3.05, 3.63) is 12.7 Å². The lowest BCUT2D eigenvalue weighted by Gasteiger charge is -2.22. The van der Waals surface area contributed by atoms with Crippen molar-refractivity contribution in [2.75, 3.05) is 25.4 Å². The van der Waals surface area contributed by atoms with Crippen LogP contribution in [-0.4, -0.2) is 35.0 Å². The average Bonchev–Trinajstić information content (AvgIpc) is 2.23. The van der Waals surface area contributed by atoms with Crippen LogP contribution in [0.25, 0.3) is 0 Å². The van der Waals surface area contributed by atoms with Crippen LogP contribution in [0.3, 0.4) is 0 Å². The molecule has 0 amide bonds. The number of hydrogen-bond donors (Lipinski definition) is 0. The summed E-state index contributed by atoms with van der Waals surface area (Å²) >= 11 is 2.11. The Labute approximate surface area is 86.6 Å². The molecule has 1 aliphatic rings. The molecule has 0 atom stereocenters. The SMILES string of the molecule is C=CCCN1CCSC(C)(C)CC1. The Morgan fingerprint density at radius 3 is 2.92 bits per heavy atom. The zero-order valence-electron chi connectivity index (χ0n) is 8.88. The topological polar surface area (TPSA) is 3.24 Å². The third-order valence-corrected chi connectivity index (χ3v) is 3.95. The Hall–Kier alpha value is 0.0500. The fourth-order valence-electron chi connectivity index (χ4n) is 1.56. The minimum Gasteiger partial charge on any atom is -0.302 e. The molecular formula is C11H21NS. The monoisotopic (exact) mass is 199 g/mol. The molecule has 1 heterocycles. The van der Waals surface area contributed by atoms with Gasteiger partial charge in [-0.3, -0.25) is 0 Å². The second-order valence-corrected chi connectivity index (χ2v) is 6.08. The van der Waals surface area contributed by atoms with Crippen LogP contribution in [0.4, 0.5) is 0 Å². The van der Waals surface area contributed by atoms with Gasteiger partial charge in [0.2, 0.25) is 0 Å². The van der Waals surface area contributed by atoms with E-state index in [2.05, 4.69) is 37.1 Å². The summed E-state index contributed by atoms with van der Waals surface area (Å²) in [5, 5.41) is 0. The summed E-state index contributed by atoms with van der Waals surface area (Å²) < 4.78 is 0.489. The van der Waals surface area contributed by atoms with Gasteiger partial charge in [0, 0.05) is 23.6 Å². The molecule has 2 heteroatoms. The largest absolute Gasteiger partial charge is 0.302 e. The Bertz CT molecular complexity index is 165. The molecule has 0 aromatic carbocycles. The van der Waals surface area contributed by atoms with E-state index in [9.17, 15) is 0 Å². The van der Waals surface area contributed by atoms with E-state index in [1.54, 1.807) is 0 Å². The maximum Gasteiger partial charge on any atom is 0.0116 e. The lowest BCUT2D eigenvalue weighted by Crippen LogP contribution is -2.27. The Morgan fingerprint density at radius 2 is 2.23 bits per heavy atom. The average molecular weight is 199 g/mol. The third-order valence-electron chi connectivity index (χ3n) is 2.58. The van der Waals surface area contributed by atoms with Gasteiger partial charge in [-0.15, -0.1) is 6.58 Å². The van der Waals surface area contributed by atoms with Crippen LogP contribution >= 0.6 is 11.8 Å². The van der Waals surface area contributed by atoms with E-state index >= 15 is 0 Å². The smallest absolute Gasteiger partial charge is 0.0116 e. The highest BCUT2D eigenvalue weighted by Crippen LogP contribution is 2.30. The second kappa shape index (κ2) is 5.06. The molecule has 0 saturated carbocycles. The van der Waals surface area contributed by atoms with Gasteiger partial charge < -0.3 is 4.90 Å². The van der Waals surface area contributed by atoms with Gasteiger partial charge in [0.1, 0.15) is 0 Å². The van der Waals surface area contributed by atoms with Gasteiger partial charge in [0.05, 0.1) is 0 Å². The van der Waals surface area contributed by atoms with E-state index in [1.165, 1.54) is 31.8 Å². The normalized spacial score (nSPS) is 23.8. The van der Waals surface area contributed by atoms with Crippen molar-refractivity contribution in [3.63, 3.8) is 0 Å². The first-order chi connectivity index (χ1) is 6.14. The van der Waals surface area contributed by atoms with Crippen LogP contribution in [0, 0.1) is 0 Å². The van der Waals surface area contributed by atoms with Crippen molar-refractivity contribution in [3.8, 4) is 0 Å². The summed E-state index contributed by atoms with van der Waals surface area (Å²) in [7, 11) is 0. The molecule has 1 saturated heterocycles. The Balaban J connectivity index is 2.31. The van der Waals surface area contributed by atoms with Gasteiger partial charge >= 0.3 is 0 Å². The quantitative estimate of drug-likeness (QED) is 0.643. The van der Waals surface area contributed by atoms with E-state index in [0.29, 0.717) is 4.75 Å². The van der Waals surface area contributed by atoms with Gasteiger partial charge in [0.25, 0.3) is 0 Å². The Morgan fingerprint density at radius 1 is 1.46 bits per heavy atom. The van der Waals surface area contributed by atoms with Crippen molar-refractivity contribution >= 4 is 11.8 Å². The maximum absolute atomic E-state index is 3.77. The van der Waals surface area contributed by atoms with Crippen LogP contribution in [-0.2, 0) is 0 Å². The summed E-state index contributed by atoms with van der Waals surface area (Å²) in [5.74, 6) is 1.28. The lowest BCUT2D eigenvalue weighted by molar-refractivity contribution is 0.290. The van der Waals surface area contributed by atoms with Crippen molar-refractivity contribution in [2.45, 2.75) is 31.4 Å². The minimum atomic E-state index is 0.489. The van der Waals surface area contributed by atoms with Crippen molar-refractivity contribution in [2.24, 2.45) is 0 Å². The van der Waals surface area contributed by atoms with Crippen molar-refractivity contribution < 1.29 is 0 Å². The highest BCUT2D eigenvalue weighted by atomic mass is 32.2. The number of thioether (sulfide) groups is 1. The Kier molecular flexibility index (Phi) is 4.33. The van der Waals surface area contributed by atoms with Crippen LogP contribution in [0.1, 0.15) is 26.7 Å². The summed E-state index contributed by atoms with van der Waals surface area (Å²) in [6, 6.07) is 0. The van der Waals surface area contributed by atoms with Crippen LogP contribution in [0.15, 0.2) is 12.7 Å². The molecule has 0 aliphatic carbocycles. The van der Waals surface area contributed by atoms with Crippen LogP contribution in [0.2, 0.25) is 0 Å². The van der Waals surface area contributed by atoms with Gasteiger partial charge in [-0.1, -0.05) is 19.9 Å². The zero-order chi connectivity index (χ0) is 9.73. The standard InChI is InChI=1S/C11H21NS/c1-4-5-7-12-8-6-11(2,3)13-10-9-12/h4H,1,5-10H2,2-3H3. The first-order valence-corrected chi connectivity index (χ1v) is 6.10. The summed E-state index contributed by atoms with van der Waals surface area (Å²) in [6.45, 7) is 12.2. The molecule has 0 radical (unpaired) electrons. The lowest BCUT2D eigenvalue weighted by atomic mass is 10.1. The highest BCUT2D eigenvalue weighted by Gasteiger charge is 2.22. The number of hydrogen-bond acceptors (Lipinski definition) is 2. The first-order valence-electron chi connectivity index (χ1n) is 5.11. The first kappa shape index (κ1) is 11.1.